The first kappa shape index (κ1) is 16.6. The molecule has 1 aliphatic heterocycles. The monoisotopic (exact) mass is 357 g/mol. The molecular weight excluding hydrogens is 338 g/mol. The number of rotatable bonds is 5. The SMILES string of the molecule is O=C(CS(=O)(=O)C1CCCC1)NCc1cc(Cl)cc2c1OCC2. The first-order valence-electron chi connectivity index (χ1n) is 7.88. The molecule has 0 atom stereocenters. The Morgan fingerprint density at radius 2 is 2.04 bits per heavy atom. The molecule has 0 unspecified atom stereocenters. The van der Waals surface area contributed by atoms with E-state index in [1.807, 2.05) is 6.07 Å². The molecule has 1 aromatic rings. The van der Waals surface area contributed by atoms with Crippen molar-refractivity contribution in [1.29, 1.82) is 0 Å². The molecule has 1 amide bonds. The highest BCUT2D eigenvalue weighted by atomic mass is 35.5. The van der Waals surface area contributed by atoms with Crippen molar-refractivity contribution in [2.75, 3.05) is 12.4 Å². The van der Waals surface area contributed by atoms with Gasteiger partial charge in [0.2, 0.25) is 5.91 Å². The summed E-state index contributed by atoms with van der Waals surface area (Å²) in [6, 6.07) is 3.61. The summed E-state index contributed by atoms with van der Waals surface area (Å²) in [7, 11) is -3.35. The molecule has 0 saturated heterocycles. The molecule has 5 nitrogen and oxygen atoms in total. The third kappa shape index (κ3) is 3.80. The molecule has 1 aliphatic carbocycles. The van der Waals surface area contributed by atoms with Gasteiger partial charge in [-0.05, 0) is 30.5 Å². The Hall–Kier alpha value is -1.27. The fraction of sp³-hybridized carbons (Fsp3) is 0.562. The van der Waals surface area contributed by atoms with Crippen LogP contribution in [0.15, 0.2) is 12.1 Å². The highest BCUT2D eigenvalue weighted by Gasteiger charge is 2.30. The molecule has 3 rings (SSSR count). The second kappa shape index (κ2) is 6.69. The molecular formula is C16H20ClNO4S. The molecule has 7 heteroatoms. The normalized spacial score (nSPS) is 17.8. The van der Waals surface area contributed by atoms with Crippen LogP contribution < -0.4 is 10.1 Å². The number of benzene rings is 1. The highest BCUT2D eigenvalue weighted by molar-refractivity contribution is 7.92. The summed E-state index contributed by atoms with van der Waals surface area (Å²) in [5.41, 5.74) is 1.82. The minimum atomic E-state index is -3.35. The van der Waals surface area contributed by atoms with Gasteiger partial charge in [-0.3, -0.25) is 4.79 Å². The number of carbonyl (C=O) groups is 1. The maximum atomic E-state index is 12.2. The van der Waals surface area contributed by atoms with Crippen LogP contribution in [0, 0.1) is 0 Å². The maximum Gasteiger partial charge on any atom is 0.235 e. The van der Waals surface area contributed by atoms with Crippen LogP contribution in [0.4, 0.5) is 0 Å². The van der Waals surface area contributed by atoms with Gasteiger partial charge >= 0.3 is 0 Å². The van der Waals surface area contributed by atoms with Gasteiger partial charge in [0.1, 0.15) is 11.5 Å². The van der Waals surface area contributed by atoms with Crippen LogP contribution >= 0.6 is 11.6 Å². The Labute approximate surface area is 141 Å². The van der Waals surface area contributed by atoms with E-state index in [-0.39, 0.29) is 11.8 Å². The number of sulfone groups is 1. The van der Waals surface area contributed by atoms with Crippen molar-refractivity contribution in [2.24, 2.45) is 0 Å². The van der Waals surface area contributed by atoms with Gasteiger partial charge in [0.05, 0.1) is 11.9 Å². The van der Waals surface area contributed by atoms with Gasteiger partial charge in [0, 0.05) is 23.6 Å². The average Bonchev–Trinajstić information content (AvgIpc) is 3.15. The predicted molar refractivity (Wildman–Crippen MR) is 88.5 cm³/mol. The zero-order valence-electron chi connectivity index (χ0n) is 12.8. The quantitative estimate of drug-likeness (QED) is 0.877. The van der Waals surface area contributed by atoms with E-state index in [1.54, 1.807) is 6.07 Å². The summed E-state index contributed by atoms with van der Waals surface area (Å²) in [6.45, 7) is 0.828. The van der Waals surface area contributed by atoms with Crippen LogP contribution in [0.3, 0.4) is 0 Å². The van der Waals surface area contributed by atoms with E-state index in [1.165, 1.54) is 0 Å². The second-order valence-corrected chi connectivity index (χ2v) is 8.86. The van der Waals surface area contributed by atoms with Crippen LogP contribution in [0.5, 0.6) is 5.75 Å². The number of nitrogens with one attached hydrogen (secondary N) is 1. The lowest BCUT2D eigenvalue weighted by Gasteiger charge is -2.12. The lowest BCUT2D eigenvalue weighted by molar-refractivity contribution is -0.118. The van der Waals surface area contributed by atoms with Crippen molar-refractivity contribution >= 4 is 27.3 Å². The molecule has 1 N–H and O–H groups in total. The summed E-state index contributed by atoms with van der Waals surface area (Å²) in [6.07, 6.45) is 4.00. The summed E-state index contributed by atoms with van der Waals surface area (Å²) >= 11 is 6.07. The first-order valence-corrected chi connectivity index (χ1v) is 9.97. The fourth-order valence-electron chi connectivity index (χ4n) is 3.27. The Morgan fingerprint density at radius 1 is 1.30 bits per heavy atom. The number of fused-ring (bicyclic) bond motifs is 1. The van der Waals surface area contributed by atoms with Crippen molar-refractivity contribution in [3.8, 4) is 5.75 Å². The zero-order valence-corrected chi connectivity index (χ0v) is 14.4. The summed E-state index contributed by atoms with van der Waals surface area (Å²) in [4.78, 5) is 12.0. The molecule has 0 aromatic heterocycles. The van der Waals surface area contributed by atoms with Gasteiger partial charge in [-0.15, -0.1) is 0 Å². The molecule has 0 radical (unpaired) electrons. The summed E-state index contributed by atoms with van der Waals surface area (Å²) < 4.78 is 29.9. The van der Waals surface area contributed by atoms with Crippen molar-refractivity contribution in [3.05, 3.63) is 28.3 Å². The third-order valence-electron chi connectivity index (χ3n) is 4.44. The second-order valence-electron chi connectivity index (χ2n) is 6.14. The number of hydrogen-bond donors (Lipinski definition) is 1. The topological polar surface area (TPSA) is 72.5 Å². The standard InChI is InChI=1S/C16H20ClNO4S/c17-13-7-11-5-6-22-16(11)12(8-13)9-18-15(19)10-23(20,21)14-3-1-2-4-14/h7-8,14H,1-6,9-10H2,(H,18,19). The van der Waals surface area contributed by atoms with E-state index in [0.29, 0.717) is 24.5 Å². The smallest absolute Gasteiger partial charge is 0.235 e. The maximum absolute atomic E-state index is 12.2. The molecule has 1 heterocycles. The van der Waals surface area contributed by atoms with E-state index in [2.05, 4.69) is 5.32 Å². The number of halogens is 1. The zero-order chi connectivity index (χ0) is 16.4. The van der Waals surface area contributed by atoms with Crippen LogP contribution in [0.1, 0.15) is 36.8 Å². The van der Waals surface area contributed by atoms with Crippen molar-refractivity contribution in [2.45, 2.75) is 43.9 Å². The van der Waals surface area contributed by atoms with Crippen LogP contribution in [0.25, 0.3) is 0 Å². The van der Waals surface area contributed by atoms with E-state index >= 15 is 0 Å². The van der Waals surface area contributed by atoms with Gasteiger partial charge in [0.15, 0.2) is 9.84 Å². The molecule has 2 aliphatic rings. The van der Waals surface area contributed by atoms with Gasteiger partial charge in [-0.25, -0.2) is 8.42 Å². The fourth-order valence-corrected chi connectivity index (χ4v) is 5.29. The molecule has 23 heavy (non-hydrogen) atoms. The minimum absolute atomic E-state index is 0.224. The number of hydrogen-bond acceptors (Lipinski definition) is 4. The lowest BCUT2D eigenvalue weighted by Crippen LogP contribution is -2.33. The van der Waals surface area contributed by atoms with E-state index < -0.39 is 21.5 Å². The van der Waals surface area contributed by atoms with Gasteiger partial charge < -0.3 is 10.1 Å². The third-order valence-corrected chi connectivity index (χ3v) is 6.81. The number of ether oxygens (including phenoxy) is 1. The van der Waals surface area contributed by atoms with Crippen LogP contribution in [-0.4, -0.2) is 31.9 Å². The first-order chi connectivity index (χ1) is 11.0. The molecule has 0 bridgehead atoms. The minimum Gasteiger partial charge on any atom is -0.493 e. The van der Waals surface area contributed by atoms with Crippen molar-refractivity contribution in [1.82, 2.24) is 5.32 Å². The Kier molecular flexibility index (Phi) is 4.82. The molecule has 1 saturated carbocycles. The largest absolute Gasteiger partial charge is 0.493 e. The van der Waals surface area contributed by atoms with Crippen LogP contribution in [0.2, 0.25) is 5.02 Å². The van der Waals surface area contributed by atoms with E-state index in [4.69, 9.17) is 16.3 Å². The lowest BCUT2D eigenvalue weighted by atomic mass is 10.1. The number of amides is 1. The molecule has 1 aromatic carbocycles. The highest BCUT2D eigenvalue weighted by Crippen LogP contribution is 2.32. The van der Waals surface area contributed by atoms with Crippen LogP contribution in [-0.2, 0) is 27.6 Å². The van der Waals surface area contributed by atoms with Crippen molar-refractivity contribution < 1.29 is 17.9 Å². The van der Waals surface area contributed by atoms with Gasteiger partial charge in [-0.2, -0.15) is 0 Å². The average molecular weight is 358 g/mol. The Bertz CT molecular complexity index is 711. The molecule has 1 fully saturated rings. The predicted octanol–water partition coefficient (Wildman–Crippen LogP) is 2.25. The van der Waals surface area contributed by atoms with Gasteiger partial charge in [0.25, 0.3) is 0 Å². The van der Waals surface area contributed by atoms with Gasteiger partial charge in [-0.1, -0.05) is 24.4 Å². The molecule has 126 valence electrons. The van der Waals surface area contributed by atoms with E-state index in [9.17, 15) is 13.2 Å². The summed E-state index contributed by atoms with van der Waals surface area (Å²) in [5, 5.41) is 2.92. The molecule has 0 spiro atoms. The summed E-state index contributed by atoms with van der Waals surface area (Å²) in [5.74, 6) is -0.154. The Balaban J connectivity index is 1.61. The number of carbonyl (C=O) groups excluding carboxylic acids is 1. The Morgan fingerprint density at radius 3 is 2.78 bits per heavy atom. The van der Waals surface area contributed by atoms with E-state index in [0.717, 1.165) is 36.1 Å². The van der Waals surface area contributed by atoms with Crippen molar-refractivity contribution in [3.63, 3.8) is 0 Å².